The van der Waals surface area contributed by atoms with Crippen LogP contribution < -0.4 is 10.0 Å². The van der Waals surface area contributed by atoms with Gasteiger partial charge in [-0.1, -0.05) is 30.3 Å². The van der Waals surface area contributed by atoms with Gasteiger partial charge in [-0.15, -0.1) is 0 Å². The van der Waals surface area contributed by atoms with Crippen molar-refractivity contribution in [3.05, 3.63) is 42.0 Å². The molecule has 3 N–H and O–H groups in total. The van der Waals surface area contributed by atoms with Crippen molar-refractivity contribution in [1.82, 2.24) is 10.0 Å². The van der Waals surface area contributed by atoms with Crippen molar-refractivity contribution in [2.45, 2.75) is 6.54 Å². The summed E-state index contributed by atoms with van der Waals surface area (Å²) < 4.78 is 24.2. The van der Waals surface area contributed by atoms with Gasteiger partial charge in [0, 0.05) is 25.2 Å². The molecular weight excluding hydrogens is 276 g/mol. The maximum Gasteiger partial charge on any atom is 0.208 e. The SMILES string of the molecule is CS(=O)(=O)NCCNCc1c(O)ccc2ccccc12. The molecule has 0 amide bonds. The van der Waals surface area contributed by atoms with Gasteiger partial charge in [-0.25, -0.2) is 13.1 Å². The minimum Gasteiger partial charge on any atom is -0.508 e. The first kappa shape index (κ1) is 14.8. The number of hydrogen-bond donors (Lipinski definition) is 3. The summed E-state index contributed by atoms with van der Waals surface area (Å²) in [5, 5.41) is 15.1. The fraction of sp³-hybridized carbons (Fsp3) is 0.286. The number of rotatable bonds is 6. The number of phenols is 1. The molecule has 0 heterocycles. The van der Waals surface area contributed by atoms with E-state index in [0.29, 0.717) is 19.6 Å². The van der Waals surface area contributed by atoms with E-state index in [2.05, 4.69) is 10.0 Å². The highest BCUT2D eigenvalue weighted by Gasteiger charge is 2.06. The van der Waals surface area contributed by atoms with Gasteiger partial charge in [0.25, 0.3) is 0 Å². The van der Waals surface area contributed by atoms with Crippen molar-refractivity contribution in [2.75, 3.05) is 19.3 Å². The lowest BCUT2D eigenvalue weighted by Crippen LogP contribution is -2.30. The van der Waals surface area contributed by atoms with E-state index >= 15 is 0 Å². The van der Waals surface area contributed by atoms with Crippen LogP contribution in [0.1, 0.15) is 5.56 Å². The number of hydrogen-bond acceptors (Lipinski definition) is 4. The topological polar surface area (TPSA) is 78.4 Å². The summed E-state index contributed by atoms with van der Waals surface area (Å²) in [5.41, 5.74) is 0.822. The quantitative estimate of drug-likeness (QED) is 0.699. The summed E-state index contributed by atoms with van der Waals surface area (Å²) in [6, 6.07) is 11.4. The van der Waals surface area contributed by atoms with E-state index in [-0.39, 0.29) is 5.75 Å². The summed E-state index contributed by atoms with van der Waals surface area (Å²) in [6.07, 6.45) is 1.13. The highest BCUT2D eigenvalue weighted by atomic mass is 32.2. The van der Waals surface area contributed by atoms with E-state index in [1.807, 2.05) is 30.3 Å². The molecule has 0 aliphatic carbocycles. The van der Waals surface area contributed by atoms with Crippen LogP contribution in [0.5, 0.6) is 5.75 Å². The molecular formula is C14H18N2O3S. The van der Waals surface area contributed by atoms with Crippen LogP contribution in [0, 0.1) is 0 Å². The Morgan fingerprint density at radius 1 is 1.10 bits per heavy atom. The van der Waals surface area contributed by atoms with Gasteiger partial charge in [-0.2, -0.15) is 0 Å². The van der Waals surface area contributed by atoms with Crippen molar-refractivity contribution in [3.8, 4) is 5.75 Å². The molecule has 2 rings (SSSR count). The zero-order valence-electron chi connectivity index (χ0n) is 11.3. The van der Waals surface area contributed by atoms with E-state index in [0.717, 1.165) is 22.6 Å². The van der Waals surface area contributed by atoms with Gasteiger partial charge < -0.3 is 10.4 Å². The van der Waals surface area contributed by atoms with Crippen LogP contribution in [0.2, 0.25) is 0 Å². The predicted molar refractivity (Wildman–Crippen MR) is 80.2 cm³/mol. The van der Waals surface area contributed by atoms with Gasteiger partial charge in [0.1, 0.15) is 5.75 Å². The number of nitrogens with one attached hydrogen (secondary N) is 2. The van der Waals surface area contributed by atoms with E-state index in [1.165, 1.54) is 0 Å². The molecule has 108 valence electrons. The van der Waals surface area contributed by atoms with E-state index < -0.39 is 10.0 Å². The first-order valence-corrected chi connectivity index (χ1v) is 8.21. The Hall–Kier alpha value is -1.63. The van der Waals surface area contributed by atoms with Crippen LogP contribution in [0.15, 0.2) is 36.4 Å². The monoisotopic (exact) mass is 294 g/mol. The largest absolute Gasteiger partial charge is 0.508 e. The Morgan fingerprint density at radius 2 is 1.85 bits per heavy atom. The molecule has 0 aromatic heterocycles. The minimum absolute atomic E-state index is 0.243. The van der Waals surface area contributed by atoms with Crippen molar-refractivity contribution >= 4 is 20.8 Å². The summed E-state index contributed by atoms with van der Waals surface area (Å²) in [5.74, 6) is 0.243. The molecule has 0 saturated carbocycles. The summed E-state index contributed by atoms with van der Waals surface area (Å²) in [7, 11) is -3.15. The minimum atomic E-state index is -3.15. The highest BCUT2D eigenvalue weighted by molar-refractivity contribution is 7.88. The van der Waals surface area contributed by atoms with E-state index in [9.17, 15) is 13.5 Å². The molecule has 0 saturated heterocycles. The van der Waals surface area contributed by atoms with Gasteiger partial charge in [0.2, 0.25) is 10.0 Å². The maximum absolute atomic E-state index is 10.9. The molecule has 5 nitrogen and oxygen atoms in total. The summed E-state index contributed by atoms with van der Waals surface area (Å²) >= 11 is 0. The second kappa shape index (κ2) is 6.21. The molecule has 0 spiro atoms. The number of benzene rings is 2. The fourth-order valence-electron chi connectivity index (χ4n) is 2.05. The van der Waals surface area contributed by atoms with Crippen LogP contribution >= 0.6 is 0 Å². The zero-order chi connectivity index (χ0) is 14.6. The van der Waals surface area contributed by atoms with Crippen molar-refractivity contribution in [3.63, 3.8) is 0 Å². The molecule has 0 bridgehead atoms. The lowest BCUT2D eigenvalue weighted by molar-refractivity contribution is 0.466. The first-order chi connectivity index (χ1) is 9.47. The Bertz CT molecular complexity index is 699. The normalized spacial score (nSPS) is 11.8. The smallest absolute Gasteiger partial charge is 0.208 e. The van der Waals surface area contributed by atoms with Gasteiger partial charge in [0.15, 0.2) is 0 Å². The summed E-state index contributed by atoms with van der Waals surface area (Å²) in [4.78, 5) is 0. The van der Waals surface area contributed by atoms with Gasteiger partial charge in [-0.05, 0) is 16.8 Å². The number of sulfonamides is 1. The molecule has 0 fully saturated rings. The van der Waals surface area contributed by atoms with Crippen LogP contribution in [-0.4, -0.2) is 32.9 Å². The number of aromatic hydroxyl groups is 1. The van der Waals surface area contributed by atoms with Gasteiger partial charge >= 0.3 is 0 Å². The highest BCUT2D eigenvalue weighted by Crippen LogP contribution is 2.26. The second-order valence-corrected chi connectivity index (χ2v) is 6.46. The molecule has 0 aliphatic rings. The van der Waals surface area contributed by atoms with Crippen LogP contribution in [0.4, 0.5) is 0 Å². The van der Waals surface area contributed by atoms with Crippen molar-refractivity contribution < 1.29 is 13.5 Å². The van der Waals surface area contributed by atoms with E-state index in [1.54, 1.807) is 6.07 Å². The molecule has 6 heteroatoms. The molecule has 0 atom stereocenters. The molecule has 2 aromatic rings. The van der Waals surface area contributed by atoms with Gasteiger partial charge in [0.05, 0.1) is 6.26 Å². The predicted octanol–water partition coefficient (Wildman–Crippen LogP) is 1.18. The average molecular weight is 294 g/mol. The Balaban J connectivity index is 2.01. The molecule has 2 aromatic carbocycles. The van der Waals surface area contributed by atoms with Crippen LogP contribution in [-0.2, 0) is 16.6 Å². The van der Waals surface area contributed by atoms with Gasteiger partial charge in [-0.3, -0.25) is 0 Å². The maximum atomic E-state index is 10.9. The Morgan fingerprint density at radius 3 is 2.60 bits per heavy atom. The molecule has 20 heavy (non-hydrogen) atoms. The third kappa shape index (κ3) is 3.93. The average Bonchev–Trinajstić information content (AvgIpc) is 2.39. The van der Waals surface area contributed by atoms with Crippen LogP contribution in [0.3, 0.4) is 0 Å². The fourth-order valence-corrected chi connectivity index (χ4v) is 2.52. The lowest BCUT2D eigenvalue weighted by Gasteiger charge is -2.10. The number of phenolic OH excluding ortho intramolecular Hbond substituents is 1. The Kier molecular flexibility index (Phi) is 4.59. The lowest BCUT2D eigenvalue weighted by atomic mass is 10.0. The van der Waals surface area contributed by atoms with Crippen LogP contribution in [0.25, 0.3) is 10.8 Å². The molecule has 0 aliphatic heterocycles. The van der Waals surface area contributed by atoms with Crippen molar-refractivity contribution in [1.29, 1.82) is 0 Å². The molecule has 0 radical (unpaired) electrons. The third-order valence-electron chi connectivity index (χ3n) is 2.98. The zero-order valence-corrected chi connectivity index (χ0v) is 12.1. The first-order valence-electron chi connectivity index (χ1n) is 6.32. The third-order valence-corrected chi connectivity index (χ3v) is 3.71. The second-order valence-electron chi connectivity index (χ2n) is 4.63. The number of fused-ring (bicyclic) bond motifs is 1. The van der Waals surface area contributed by atoms with E-state index in [4.69, 9.17) is 0 Å². The summed E-state index contributed by atoms with van der Waals surface area (Å²) in [6.45, 7) is 1.30. The standard InChI is InChI=1S/C14H18N2O3S/c1-20(18,19)16-9-8-15-10-13-12-5-3-2-4-11(12)6-7-14(13)17/h2-7,15-17H,8-10H2,1H3. The van der Waals surface area contributed by atoms with Crippen molar-refractivity contribution in [2.24, 2.45) is 0 Å². The molecule has 0 unspecified atom stereocenters. The Labute approximate surface area is 118 Å².